The smallest absolute Gasteiger partial charge is 0.407 e. The van der Waals surface area contributed by atoms with Crippen LogP contribution >= 0.6 is 15.9 Å². The molecule has 2 rings (SSSR count). The molecule has 1 N–H and O–H groups in total. The molecule has 0 unspecified atom stereocenters. The molecule has 126 valence electrons. The van der Waals surface area contributed by atoms with Gasteiger partial charge in [-0.3, -0.25) is 4.79 Å². The molecule has 5 heteroatoms. The molecule has 0 bridgehead atoms. The number of alkyl halides is 1. The summed E-state index contributed by atoms with van der Waals surface area (Å²) in [6, 6.07) is 9.56. The monoisotopic (exact) mass is 381 g/mol. The molecule has 0 spiro atoms. The maximum Gasteiger partial charge on any atom is 0.407 e. The van der Waals surface area contributed by atoms with Crippen LogP contribution in [-0.2, 0) is 16.1 Å². The lowest BCUT2D eigenvalue weighted by molar-refractivity contribution is -0.126. The number of benzene rings is 1. The lowest BCUT2D eigenvalue weighted by Gasteiger charge is -2.30. The van der Waals surface area contributed by atoms with Crippen molar-refractivity contribution >= 4 is 27.8 Å². The minimum Gasteiger partial charge on any atom is -0.445 e. The predicted octanol–water partition coefficient (Wildman–Crippen LogP) is 4.22. The highest BCUT2D eigenvalue weighted by atomic mass is 79.9. The van der Waals surface area contributed by atoms with E-state index in [1.54, 1.807) is 0 Å². The predicted molar refractivity (Wildman–Crippen MR) is 93.6 cm³/mol. The Morgan fingerprint density at radius 3 is 2.35 bits per heavy atom. The fraction of sp³-hybridized carbons (Fsp3) is 0.556. The van der Waals surface area contributed by atoms with Crippen molar-refractivity contribution < 1.29 is 14.3 Å². The molecule has 0 saturated heterocycles. The summed E-state index contributed by atoms with van der Waals surface area (Å²) in [5.41, 5.74) is 0.509. The number of carbonyl (C=O) groups excluding carboxylic acids is 2. The summed E-state index contributed by atoms with van der Waals surface area (Å²) in [6.07, 6.45) is 5.64. The first kappa shape index (κ1) is 18.0. The molecular formula is C18H24BrNO3. The van der Waals surface area contributed by atoms with Gasteiger partial charge in [0, 0.05) is 12.0 Å². The van der Waals surface area contributed by atoms with Gasteiger partial charge in [0.05, 0.1) is 5.33 Å². The number of ether oxygens (including phenoxy) is 1. The number of halogens is 1. The molecule has 0 radical (unpaired) electrons. The van der Waals surface area contributed by atoms with Crippen LogP contribution in [0.4, 0.5) is 4.79 Å². The van der Waals surface area contributed by atoms with Crippen molar-refractivity contribution in [2.75, 3.05) is 11.9 Å². The largest absolute Gasteiger partial charge is 0.445 e. The standard InChI is InChI=1S/C18H24BrNO3/c19-12-16(21)18(10-6-1-2-7-11-18)14-20-17(22)23-13-15-8-4-3-5-9-15/h3-5,8-9H,1-2,6-7,10-14H2,(H,20,22). The Morgan fingerprint density at radius 1 is 1.09 bits per heavy atom. The summed E-state index contributed by atoms with van der Waals surface area (Å²) in [5.74, 6) is 0.183. The summed E-state index contributed by atoms with van der Waals surface area (Å²) in [4.78, 5) is 24.3. The van der Waals surface area contributed by atoms with E-state index < -0.39 is 11.5 Å². The molecule has 1 fully saturated rings. The minimum atomic E-state index is -0.458. The third-order valence-corrected chi connectivity index (χ3v) is 5.07. The third kappa shape index (κ3) is 5.34. The van der Waals surface area contributed by atoms with Crippen molar-refractivity contribution in [1.82, 2.24) is 5.32 Å². The van der Waals surface area contributed by atoms with E-state index in [9.17, 15) is 9.59 Å². The molecule has 23 heavy (non-hydrogen) atoms. The van der Waals surface area contributed by atoms with Gasteiger partial charge in [-0.25, -0.2) is 4.79 Å². The van der Waals surface area contributed by atoms with Crippen molar-refractivity contribution in [1.29, 1.82) is 0 Å². The first-order chi connectivity index (χ1) is 11.2. The van der Waals surface area contributed by atoms with Crippen LogP contribution in [0.15, 0.2) is 30.3 Å². The fourth-order valence-electron chi connectivity index (χ4n) is 3.12. The topological polar surface area (TPSA) is 55.4 Å². The second kappa shape index (κ2) is 9.06. The highest BCUT2D eigenvalue weighted by Gasteiger charge is 2.37. The van der Waals surface area contributed by atoms with Gasteiger partial charge < -0.3 is 10.1 Å². The summed E-state index contributed by atoms with van der Waals surface area (Å²) < 4.78 is 5.24. The van der Waals surface area contributed by atoms with Gasteiger partial charge in [0.15, 0.2) is 5.78 Å². The molecule has 1 aliphatic carbocycles. The van der Waals surface area contributed by atoms with E-state index in [1.165, 1.54) is 0 Å². The van der Waals surface area contributed by atoms with Crippen LogP contribution in [0.3, 0.4) is 0 Å². The molecule has 1 saturated carbocycles. The Hall–Kier alpha value is -1.36. The van der Waals surface area contributed by atoms with Gasteiger partial charge in [-0.2, -0.15) is 0 Å². The van der Waals surface area contributed by atoms with Crippen molar-refractivity contribution in [3.05, 3.63) is 35.9 Å². The number of Topliss-reactive ketones (excluding diaryl/α,β-unsaturated/α-hetero) is 1. The van der Waals surface area contributed by atoms with E-state index in [-0.39, 0.29) is 12.4 Å². The van der Waals surface area contributed by atoms with Crippen LogP contribution in [0.25, 0.3) is 0 Å². The number of alkyl carbamates (subject to hydrolysis) is 1. The molecule has 4 nitrogen and oxygen atoms in total. The Morgan fingerprint density at radius 2 is 1.74 bits per heavy atom. The maximum absolute atomic E-state index is 12.4. The summed E-state index contributed by atoms with van der Waals surface area (Å²) >= 11 is 3.29. The van der Waals surface area contributed by atoms with Gasteiger partial charge in [0.1, 0.15) is 6.61 Å². The number of ketones is 1. The van der Waals surface area contributed by atoms with Crippen molar-refractivity contribution in [3.8, 4) is 0 Å². The van der Waals surface area contributed by atoms with Crippen LogP contribution in [0, 0.1) is 5.41 Å². The Kier molecular flexibility index (Phi) is 7.09. The zero-order valence-electron chi connectivity index (χ0n) is 13.4. The molecular weight excluding hydrogens is 358 g/mol. The van der Waals surface area contributed by atoms with Gasteiger partial charge in [0.2, 0.25) is 0 Å². The van der Waals surface area contributed by atoms with Gasteiger partial charge >= 0.3 is 6.09 Å². The second-order valence-corrected chi connectivity index (χ2v) is 6.73. The molecule has 1 aromatic rings. The van der Waals surface area contributed by atoms with E-state index in [0.29, 0.717) is 11.9 Å². The Balaban J connectivity index is 1.87. The lowest BCUT2D eigenvalue weighted by Crippen LogP contribution is -2.43. The van der Waals surface area contributed by atoms with Crippen molar-refractivity contribution in [2.24, 2.45) is 5.41 Å². The second-order valence-electron chi connectivity index (χ2n) is 6.17. The normalized spacial score (nSPS) is 17.1. The quantitative estimate of drug-likeness (QED) is 0.592. The number of hydrogen-bond acceptors (Lipinski definition) is 3. The SMILES string of the molecule is O=C(NCC1(C(=O)CBr)CCCCCC1)OCc1ccccc1. The van der Waals surface area contributed by atoms with Crippen LogP contribution in [0.2, 0.25) is 0 Å². The van der Waals surface area contributed by atoms with E-state index in [0.717, 1.165) is 44.1 Å². The number of nitrogens with one attached hydrogen (secondary N) is 1. The van der Waals surface area contributed by atoms with Crippen LogP contribution in [0.1, 0.15) is 44.1 Å². The summed E-state index contributed by atoms with van der Waals surface area (Å²) in [6.45, 7) is 0.608. The van der Waals surface area contributed by atoms with E-state index in [4.69, 9.17) is 4.74 Å². The number of rotatable bonds is 6. The average Bonchev–Trinajstić information content (AvgIpc) is 2.85. The number of carbonyl (C=O) groups is 2. The van der Waals surface area contributed by atoms with Crippen molar-refractivity contribution in [2.45, 2.75) is 45.1 Å². The highest BCUT2D eigenvalue weighted by molar-refractivity contribution is 9.09. The molecule has 0 aliphatic heterocycles. The first-order valence-corrected chi connectivity index (χ1v) is 9.32. The molecule has 0 heterocycles. The Bertz CT molecular complexity index is 510. The van der Waals surface area contributed by atoms with Gasteiger partial charge in [-0.15, -0.1) is 0 Å². The first-order valence-electron chi connectivity index (χ1n) is 8.20. The fourth-order valence-corrected chi connectivity index (χ4v) is 3.71. The molecule has 1 aromatic carbocycles. The lowest BCUT2D eigenvalue weighted by atomic mass is 9.77. The van der Waals surface area contributed by atoms with E-state index >= 15 is 0 Å². The van der Waals surface area contributed by atoms with Gasteiger partial charge in [-0.1, -0.05) is 71.9 Å². The van der Waals surface area contributed by atoms with Gasteiger partial charge in [0.25, 0.3) is 0 Å². The molecule has 0 atom stereocenters. The minimum absolute atomic E-state index is 0.183. The zero-order chi connectivity index (χ0) is 16.5. The van der Waals surface area contributed by atoms with Gasteiger partial charge in [-0.05, 0) is 18.4 Å². The third-order valence-electron chi connectivity index (χ3n) is 4.56. The maximum atomic E-state index is 12.4. The highest BCUT2D eigenvalue weighted by Crippen LogP contribution is 2.36. The van der Waals surface area contributed by atoms with Crippen molar-refractivity contribution in [3.63, 3.8) is 0 Å². The summed E-state index contributed by atoms with van der Waals surface area (Å²) in [7, 11) is 0. The zero-order valence-corrected chi connectivity index (χ0v) is 14.9. The average molecular weight is 382 g/mol. The van der Waals surface area contributed by atoms with Crippen LogP contribution in [0.5, 0.6) is 0 Å². The van der Waals surface area contributed by atoms with E-state index in [1.807, 2.05) is 30.3 Å². The van der Waals surface area contributed by atoms with Crippen LogP contribution in [-0.4, -0.2) is 23.8 Å². The van der Waals surface area contributed by atoms with E-state index in [2.05, 4.69) is 21.2 Å². The molecule has 0 aromatic heterocycles. The number of amides is 1. The molecule has 1 amide bonds. The Labute approximate surface area is 146 Å². The summed E-state index contributed by atoms with van der Waals surface area (Å²) in [5, 5.41) is 3.14. The number of hydrogen-bond donors (Lipinski definition) is 1. The molecule has 1 aliphatic rings. The van der Waals surface area contributed by atoms with Crippen LogP contribution < -0.4 is 5.32 Å².